The molecule has 0 spiro atoms. The highest BCUT2D eigenvalue weighted by atomic mass is 16.2. The predicted molar refractivity (Wildman–Crippen MR) is 77.5 cm³/mol. The molecule has 0 saturated carbocycles. The highest BCUT2D eigenvalue weighted by molar-refractivity contribution is 5.92. The lowest BCUT2D eigenvalue weighted by Gasteiger charge is -2.15. The summed E-state index contributed by atoms with van der Waals surface area (Å²) in [4.78, 5) is 16.3. The Bertz CT molecular complexity index is 562. The summed E-state index contributed by atoms with van der Waals surface area (Å²) in [7, 11) is 0. The Kier molecular flexibility index (Phi) is 4.50. The van der Waals surface area contributed by atoms with Crippen LogP contribution in [0.4, 0.5) is 0 Å². The second-order valence-electron chi connectivity index (χ2n) is 5.19. The van der Waals surface area contributed by atoms with Crippen LogP contribution in [-0.4, -0.2) is 26.7 Å². The molecule has 5 nitrogen and oxygen atoms in total. The Morgan fingerprint density at radius 2 is 2.10 bits per heavy atom. The molecule has 0 bridgehead atoms. The third-order valence-electron chi connectivity index (χ3n) is 3.03. The number of rotatable bonds is 5. The summed E-state index contributed by atoms with van der Waals surface area (Å²) in [6, 6.07) is 5.86. The molecule has 0 saturated heterocycles. The van der Waals surface area contributed by atoms with Crippen molar-refractivity contribution >= 4 is 5.91 Å². The van der Waals surface area contributed by atoms with Crippen LogP contribution in [0, 0.1) is 0 Å². The molecule has 0 aliphatic carbocycles. The Morgan fingerprint density at radius 1 is 1.30 bits per heavy atom. The molecule has 5 heteroatoms. The van der Waals surface area contributed by atoms with Gasteiger partial charge in [0.2, 0.25) is 0 Å². The standard InChI is InChI=1S/C15H20N4O/c1-11(2)19-14(6-8-17-19)15(20)18-12(3)9-13-5-4-7-16-10-13/h4-8,10-12H,9H2,1-3H3,(H,18,20)/t12-/m0/s1. The predicted octanol–water partition coefficient (Wildman–Crippen LogP) is 2.22. The lowest BCUT2D eigenvalue weighted by molar-refractivity contribution is 0.0927. The quantitative estimate of drug-likeness (QED) is 0.908. The van der Waals surface area contributed by atoms with Gasteiger partial charge in [-0.3, -0.25) is 14.5 Å². The van der Waals surface area contributed by atoms with Gasteiger partial charge in [-0.2, -0.15) is 5.10 Å². The number of carbonyl (C=O) groups excluding carboxylic acids is 1. The van der Waals surface area contributed by atoms with Crippen LogP contribution >= 0.6 is 0 Å². The van der Waals surface area contributed by atoms with E-state index in [1.54, 1.807) is 23.1 Å². The van der Waals surface area contributed by atoms with Gasteiger partial charge in [0.1, 0.15) is 5.69 Å². The van der Waals surface area contributed by atoms with Crippen LogP contribution in [0.25, 0.3) is 0 Å². The molecule has 0 unspecified atom stereocenters. The Hall–Kier alpha value is -2.17. The molecule has 2 heterocycles. The van der Waals surface area contributed by atoms with Crippen LogP contribution in [0.1, 0.15) is 42.9 Å². The minimum Gasteiger partial charge on any atom is -0.348 e. The van der Waals surface area contributed by atoms with Gasteiger partial charge >= 0.3 is 0 Å². The zero-order chi connectivity index (χ0) is 14.5. The maximum Gasteiger partial charge on any atom is 0.269 e. The van der Waals surface area contributed by atoms with Crippen molar-refractivity contribution in [1.82, 2.24) is 20.1 Å². The number of aromatic nitrogens is 3. The molecule has 0 fully saturated rings. The monoisotopic (exact) mass is 272 g/mol. The van der Waals surface area contributed by atoms with Crippen molar-refractivity contribution in [3.63, 3.8) is 0 Å². The van der Waals surface area contributed by atoms with E-state index < -0.39 is 0 Å². The summed E-state index contributed by atoms with van der Waals surface area (Å²) in [6.45, 7) is 5.99. The molecule has 1 N–H and O–H groups in total. The Morgan fingerprint density at radius 3 is 2.75 bits per heavy atom. The molecule has 2 rings (SSSR count). The molecule has 2 aromatic rings. The summed E-state index contributed by atoms with van der Waals surface area (Å²) in [5.41, 5.74) is 1.70. The number of amides is 1. The fraction of sp³-hybridized carbons (Fsp3) is 0.400. The number of nitrogens with zero attached hydrogens (tertiary/aromatic N) is 3. The summed E-state index contributed by atoms with van der Waals surface area (Å²) in [5, 5.41) is 7.17. The van der Waals surface area contributed by atoms with E-state index in [0.29, 0.717) is 5.69 Å². The van der Waals surface area contributed by atoms with Gasteiger partial charge in [-0.15, -0.1) is 0 Å². The second kappa shape index (κ2) is 6.32. The molecule has 0 aliphatic rings. The highest BCUT2D eigenvalue weighted by Gasteiger charge is 2.16. The summed E-state index contributed by atoms with van der Waals surface area (Å²) < 4.78 is 1.73. The van der Waals surface area contributed by atoms with E-state index >= 15 is 0 Å². The van der Waals surface area contributed by atoms with Crippen molar-refractivity contribution < 1.29 is 4.79 Å². The van der Waals surface area contributed by atoms with Gasteiger partial charge < -0.3 is 5.32 Å². The first-order chi connectivity index (χ1) is 9.58. The summed E-state index contributed by atoms with van der Waals surface area (Å²) in [6.07, 6.45) is 5.98. The average molecular weight is 272 g/mol. The van der Waals surface area contributed by atoms with Crippen LogP contribution in [0.15, 0.2) is 36.8 Å². The van der Waals surface area contributed by atoms with Crippen LogP contribution in [-0.2, 0) is 6.42 Å². The first kappa shape index (κ1) is 14.2. The van der Waals surface area contributed by atoms with Crippen molar-refractivity contribution in [3.8, 4) is 0 Å². The Balaban J connectivity index is 1.99. The van der Waals surface area contributed by atoms with E-state index in [-0.39, 0.29) is 18.0 Å². The molecule has 1 amide bonds. The highest BCUT2D eigenvalue weighted by Crippen LogP contribution is 2.08. The molecular weight excluding hydrogens is 252 g/mol. The fourth-order valence-corrected chi connectivity index (χ4v) is 2.13. The molecule has 1 atom stereocenters. The molecule has 0 radical (unpaired) electrons. The van der Waals surface area contributed by atoms with Crippen molar-refractivity contribution in [1.29, 1.82) is 0 Å². The van der Waals surface area contributed by atoms with Crippen LogP contribution in [0.2, 0.25) is 0 Å². The minimum atomic E-state index is -0.0902. The van der Waals surface area contributed by atoms with Crippen molar-refractivity contribution in [2.24, 2.45) is 0 Å². The van der Waals surface area contributed by atoms with Crippen LogP contribution in [0.5, 0.6) is 0 Å². The number of hydrogen-bond donors (Lipinski definition) is 1. The average Bonchev–Trinajstić information content (AvgIpc) is 2.89. The fourth-order valence-electron chi connectivity index (χ4n) is 2.13. The number of carbonyl (C=O) groups is 1. The second-order valence-corrected chi connectivity index (χ2v) is 5.19. The van der Waals surface area contributed by atoms with E-state index in [2.05, 4.69) is 15.4 Å². The minimum absolute atomic E-state index is 0.0437. The summed E-state index contributed by atoms with van der Waals surface area (Å²) in [5.74, 6) is -0.0902. The number of pyridine rings is 1. The molecule has 106 valence electrons. The third-order valence-corrected chi connectivity index (χ3v) is 3.03. The zero-order valence-corrected chi connectivity index (χ0v) is 12.1. The lowest BCUT2D eigenvalue weighted by Crippen LogP contribution is -2.35. The van der Waals surface area contributed by atoms with Crippen molar-refractivity contribution in [3.05, 3.63) is 48.0 Å². The first-order valence-electron chi connectivity index (χ1n) is 6.81. The van der Waals surface area contributed by atoms with Gasteiger partial charge in [-0.1, -0.05) is 6.07 Å². The summed E-state index contributed by atoms with van der Waals surface area (Å²) >= 11 is 0. The zero-order valence-electron chi connectivity index (χ0n) is 12.1. The van der Waals surface area contributed by atoms with Gasteiger partial charge in [0.25, 0.3) is 5.91 Å². The molecule has 0 aromatic carbocycles. The van der Waals surface area contributed by atoms with Gasteiger partial charge in [-0.25, -0.2) is 0 Å². The molecule has 2 aromatic heterocycles. The third kappa shape index (κ3) is 3.44. The molecule has 20 heavy (non-hydrogen) atoms. The maximum absolute atomic E-state index is 12.2. The van der Waals surface area contributed by atoms with Crippen molar-refractivity contribution in [2.45, 2.75) is 39.3 Å². The van der Waals surface area contributed by atoms with Crippen LogP contribution < -0.4 is 5.32 Å². The van der Waals surface area contributed by atoms with E-state index in [1.807, 2.05) is 39.1 Å². The van der Waals surface area contributed by atoms with Crippen LogP contribution in [0.3, 0.4) is 0 Å². The van der Waals surface area contributed by atoms with Gasteiger partial charge in [0.05, 0.1) is 0 Å². The SMILES string of the molecule is CC(C)n1nccc1C(=O)N[C@@H](C)Cc1cccnc1. The molecular formula is C15H20N4O. The maximum atomic E-state index is 12.2. The van der Waals surface area contributed by atoms with E-state index in [0.717, 1.165) is 12.0 Å². The smallest absolute Gasteiger partial charge is 0.269 e. The number of nitrogens with one attached hydrogen (secondary N) is 1. The van der Waals surface area contributed by atoms with E-state index in [4.69, 9.17) is 0 Å². The Labute approximate surface area is 119 Å². The first-order valence-corrected chi connectivity index (χ1v) is 6.81. The van der Waals surface area contributed by atoms with Gasteiger partial charge in [0, 0.05) is 30.7 Å². The topological polar surface area (TPSA) is 59.8 Å². The number of hydrogen-bond acceptors (Lipinski definition) is 3. The normalized spacial score (nSPS) is 12.4. The molecule has 0 aliphatic heterocycles. The van der Waals surface area contributed by atoms with E-state index in [1.165, 1.54) is 0 Å². The van der Waals surface area contributed by atoms with Gasteiger partial charge in [-0.05, 0) is 44.9 Å². The van der Waals surface area contributed by atoms with Crippen molar-refractivity contribution in [2.75, 3.05) is 0 Å². The lowest BCUT2D eigenvalue weighted by atomic mass is 10.1. The largest absolute Gasteiger partial charge is 0.348 e. The van der Waals surface area contributed by atoms with Gasteiger partial charge in [0.15, 0.2) is 0 Å². The van der Waals surface area contributed by atoms with E-state index in [9.17, 15) is 4.79 Å².